The minimum atomic E-state index is -0.976. The number of carbonyl (C=O) groups excluding carboxylic acids is 1. The van der Waals surface area contributed by atoms with Crippen LogP contribution in [0.5, 0.6) is 0 Å². The van der Waals surface area contributed by atoms with Crippen LogP contribution in [0.3, 0.4) is 0 Å². The van der Waals surface area contributed by atoms with E-state index in [1.807, 2.05) is 0 Å². The summed E-state index contributed by atoms with van der Waals surface area (Å²) in [5.41, 5.74) is -0.609. The number of carboxylic acids is 1. The maximum Gasteiger partial charge on any atom is 1.00 e. The molecule has 4 nitrogen and oxygen atoms in total. The van der Waals surface area contributed by atoms with Gasteiger partial charge in [-0.15, -0.1) is 11.8 Å². The summed E-state index contributed by atoms with van der Waals surface area (Å²) >= 11 is 5.16. The third-order valence-corrected chi connectivity index (χ3v) is 2.86. The maximum atomic E-state index is 11.2. The number of ether oxygens (including phenoxy) is 1. The van der Waals surface area contributed by atoms with Crippen LogP contribution in [0.4, 0.5) is 0 Å². The summed E-state index contributed by atoms with van der Waals surface area (Å²) < 4.78 is 4.96. The van der Waals surface area contributed by atoms with E-state index in [0.29, 0.717) is 5.75 Å². The van der Waals surface area contributed by atoms with Crippen molar-refractivity contribution in [2.24, 2.45) is 5.92 Å². The molecule has 0 bridgehead atoms. The predicted molar refractivity (Wildman–Crippen MR) is 59.8 cm³/mol. The number of thioether (sulfide) groups is 1. The molecule has 1 N–H and O–H groups in total. The van der Waals surface area contributed by atoms with Crippen molar-refractivity contribution in [3.63, 3.8) is 0 Å². The normalized spacial score (nSPS) is 13.5. The van der Waals surface area contributed by atoms with E-state index >= 15 is 0 Å². The molecule has 0 radical (unpaired) electrons. The average molecular weight is 262 g/mol. The van der Waals surface area contributed by atoms with E-state index in [1.54, 1.807) is 13.2 Å². The topological polar surface area (TPSA) is 63.6 Å². The molecule has 7 heteroatoms. The van der Waals surface area contributed by atoms with E-state index in [0.717, 1.165) is 0 Å². The van der Waals surface area contributed by atoms with E-state index in [-0.39, 0.29) is 43.3 Å². The number of aliphatic carboxylic acids is 1. The van der Waals surface area contributed by atoms with Crippen molar-refractivity contribution in [1.82, 2.24) is 0 Å². The number of carboxylic acid groups (broad SMARTS) is 1. The number of thiol groups is 1. The molecule has 0 spiro atoms. The van der Waals surface area contributed by atoms with Crippen LogP contribution in [-0.2, 0) is 14.3 Å². The van der Waals surface area contributed by atoms with Crippen LogP contribution >= 0.6 is 24.4 Å². The molecule has 0 unspecified atom stereocenters. The Morgan fingerprint density at radius 3 is 2.47 bits per heavy atom. The molecule has 0 aliphatic carbocycles. The predicted octanol–water partition coefficient (Wildman–Crippen LogP) is -1.62. The van der Waals surface area contributed by atoms with Crippen molar-refractivity contribution in [2.75, 3.05) is 12.0 Å². The Labute approximate surface area is 123 Å². The Balaban J connectivity index is -0.000000845. The van der Waals surface area contributed by atoms with Crippen LogP contribution in [0.25, 0.3) is 0 Å². The van der Waals surface area contributed by atoms with Crippen LogP contribution in [0.1, 0.15) is 14.8 Å². The standard InChI is InChI=1S/C8H14O4S2.Na.H/c1-5(4-13)8(11)12-7(14-2)3-6(9)10;;/h5,7,13H,3-4H2,1-2H3,(H,9,10);;/q;+1;-1/t5-,7-;;/m1../s1. The molecule has 84 valence electrons. The number of hydrogen-bond acceptors (Lipinski definition) is 5. The first kappa shape index (κ1) is 18.0. The summed E-state index contributed by atoms with van der Waals surface area (Å²) in [6.45, 7) is 1.69. The molecule has 0 amide bonds. The van der Waals surface area contributed by atoms with Gasteiger partial charge < -0.3 is 11.3 Å². The largest absolute Gasteiger partial charge is 1.00 e. The molecule has 0 heterocycles. The smallest absolute Gasteiger partial charge is 1.00 e. The van der Waals surface area contributed by atoms with Crippen molar-refractivity contribution in [1.29, 1.82) is 0 Å². The second-order valence-corrected chi connectivity index (χ2v) is 4.15. The van der Waals surface area contributed by atoms with Gasteiger partial charge in [-0.2, -0.15) is 12.6 Å². The molecule has 0 aliphatic rings. The summed E-state index contributed by atoms with van der Waals surface area (Å²) in [4.78, 5) is 21.6. The van der Waals surface area contributed by atoms with Gasteiger partial charge in [0.15, 0.2) is 5.44 Å². The monoisotopic (exact) mass is 262 g/mol. The molecule has 2 atom stereocenters. The molecule has 0 aromatic carbocycles. The average Bonchev–Trinajstić information content (AvgIpc) is 2.14. The van der Waals surface area contributed by atoms with Crippen LogP contribution in [0, 0.1) is 5.92 Å². The third-order valence-electron chi connectivity index (χ3n) is 1.53. The summed E-state index contributed by atoms with van der Waals surface area (Å²) in [5.74, 6) is -1.29. The molecule has 0 fully saturated rings. The zero-order valence-corrected chi connectivity index (χ0v) is 12.8. The minimum absolute atomic E-state index is 0. The van der Waals surface area contributed by atoms with Crippen molar-refractivity contribution in [3.8, 4) is 0 Å². The Bertz CT molecular complexity index is 218. The second-order valence-electron chi connectivity index (χ2n) is 2.78. The van der Waals surface area contributed by atoms with Crippen LogP contribution in [0.2, 0.25) is 0 Å². The molecule has 0 aliphatic heterocycles. The van der Waals surface area contributed by atoms with Gasteiger partial charge in [-0.1, -0.05) is 6.92 Å². The third kappa shape index (κ3) is 8.45. The summed E-state index contributed by atoms with van der Waals surface area (Å²) in [6, 6.07) is 0. The Morgan fingerprint density at radius 1 is 1.60 bits per heavy atom. The number of rotatable bonds is 6. The summed E-state index contributed by atoms with van der Waals surface area (Å²) in [6.07, 6.45) is 1.53. The summed E-state index contributed by atoms with van der Waals surface area (Å²) in [5, 5.41) is 8.50. The zero-order chi connectivity index (χ0) is 11.1. The van der Waals surface area contributed by atoms with Gasteiger partial charge in [-0.25, -0.2) is 0 Å². The molecule has 0 aromatic rings. The van der Waals surface area contributed by atoms with Gasteiger partial charge in [0.1, 0.15) is 0 Å². The first-order chi connectivity index (χ1) is 6.51. The second kappa shape index (κ2) is 9.84. The molecule has 0 saturated heterocycles. The van der Waals surface area contributed by atoms with E-state index in [9.17, 15) is 9.59 Å². The Morgan fingerprint density at radius 2 is 2.13 bits per heavy atom. The SMILES string of the molecule is CS[C@H](CC(=O)O)OC(=O)[C@H](C)CS.[H-].[Na+]. The minimum Gasteiger partial charge on any atom is -1.00 e. The Hall–Kier alpha value is 0.640. The molecule has 0 aromatic heterocycles. The fourth-order valence-corrected chi connectivity index (χ4v) is 1.29. The van der Waals surface area contributed by atoms with Gasteiger partial charge in [0, 0.05) is 5.75 Å². The molecule has 0 saturated carbocycles. The maximum absolute atomic E-state index is 11.2. The molecule has 15 heavy (non-hydrogen) atoms. The number of hydrogen-bond donors (Lipinski definition) is 2. The quantitative estimate of drug-likeness (QED) is 0.261. The Kier molecular flexibility index (Phi) is 11.8. The van der Waals surface area contributed by atoms with Gasteiger partial charge in [0.25, 0.3) is 0 Å². The zero-order valence-electron chi connectivity index (χ0n) is 10.1. The first-order valence-corrected chi connectivity index (χ1v) is 5.99. The van der Waals surface area contributed by atoms with Crippen LogP contribution < -0.4 is 29.6 Å². The molecular weight excluding hydrogens is 247 g/mol. The van der Waals surface area contributed by atoms with Crippen molar-refractivity contribution >= 4 is 36.3 Å². The van der Waals surface area contributed by atoms with Crippen molar-refractivity contribution in [3.05, 3.63) is 0 Å². The molecular formula is C8H15NaO4S2. The first-order valence-electron chi connectivity index (χ1n) is 4.07. The van der Waals surface area contributed by atoms with Crippen molar-refractivity contribution in [2.45, 2.75) is 18.8 Å². The van der Waals surface area contributed by atoms with Gasteiger partial charge in [-0.3, -0.25) is 9.59 Å². The van der Waals surface area contributed by atoms with Gasteiger partial charge in [0.05, 0.1) is 12.3 Å². The van der Waals surface area contributed by atoms with Gasteiger partial charge >= 0.3 is 41.5 Å². The summed E-state index contributed by atoms with van der Waals surface area (Å²) in [7, 11) is 0. The van der Waals surface area contributed by atoms with E-state index in [1.165, 1.54) is 11.8 Å². The fraction of sp³-hybridized carbons (Fsp3) is 0.750. The molecule has 0 rings (SSSR count). The van der Waals surface area contributed by atoms with E-state index in [2.05, 4.69) is 12.6 Å². The van der Waals surface area contributed by atoms with Crippen molar-refractivity contribution < 1.29 is 50.4 Å². The van der Waals surface area contributed by atoms with Gasteiger partial charge in [-0.05, 0) is 6.26 Å². The fourth-order valence-electron chi connectivity index (χ4n) is 0.636. The van der Waals surface area contributed by atoms with Crippen LogP contribution in [0.15, 0.2) is 0 Å². The van der Waals surface area contributed by atoms with Crippen LogP contribution in [-0.4, -0.2) is 34.5 Å². The number of carbonyl (C=O) groups is 2. The van der Waals surface area contributed by atoms with Gasteiger partial charge in [0.2, 0.25) is 0 Å². The number of esters is 1. The van der Waals surface area contributed by atoms with E-state index < -0.39 is 17.4 Å². The van der Waals surface area contributed by atoms with E-state index in [4.69, 9.17) is 9.84 Å².